The first kappa shape index (κ1) is 14.8. The number of morpholine rings is 1. The monoisotopic (exact) mass is 297 g/mol. The van der Waals surface area contributed by atoms with Crippen molar-refractivity contribution in [1.29, 1.82) is 0 Å². The molecule has 1 heterocycles. The van der Waals surface area contributed by atoms with Crippen LogP contribution in [0.15, 0.2) is 24.3 Å². The molecule has 0 spiro atoms. The maximum Gasteiger partial charge on any atom is 0.325 e. The Morgan fingerprint density at radius 3 is 2.80 bits per heavy atom. The van der Waals surface area contributed by atoms with Gasteiger partial charge in [0, 0.05) is 5.02 Å². The highest BCUT2D eigenvalue weighted by atomic mass is 35.5. The van der Waals surface area contributed by atoms with Crippen LogP contribution >= 0.6 is 11.6 Å². The molecule has 1 aliphatic rings. The van der Waals surface area contributed by atoms with Gasteiger partial charge in [-0.05, 0) is 24.6 Å². The highest BCUT2D eigenvalue weighted by Gasteiger charge is 2.31. The van der Waals surface area contributed by atoms with Gasteiger partial charge in [0.15, 0.2) is 0 Å². The van der Waals surface area contributed by atoms with E-state index in [4.69, 9.17) is 21.1 Å². The van der Waals surface area contributed by atoms with Crippen LogP contribution in [0.3, 0.4) is 0 Å². The summed E-state index contributed by atoms with van der Waals surface area (Å²) in [5.41, 5.74) is 0.881. The van der Waals surface area contributed by atoms with Gasteiger partial charge in [-0.1, -0.05) is 23.7 Å². The third-order valence-corrected chi connectivity index (χ3v) is 3.31. The number of halogens is 1. The summed E-state index contributed by atoms with van der Waals surface area (Å²) in [6, 6.07) is 6.86. The topological polar surface area (TPSA) is 55.8 Å². The summed E-state index contributed by atoms with van der Waals surface area (Å²) in [5, 5.41) is 0.619. The molecule has 20 heavy (non-hydrogen) atoms. The molecule has 108 valence electrons. The third kappa shape index (κ3) is 3.49. The molecule has 1 atom stereocenters. The number of benzene rings is 1. The van der Waals surface area contributed by atoms with Crippen molar-refractivity contribution in [1.82, 2.24) is 4.90 Å². The van der Waals surface area contributed by atoms with Crippen molar-refractivity contribution in [2.45, 2.75) is 13.0 Å². The maximum absolute atomic E-state index is 12.0. The quantitative estimate of drug-likeness (QED) is 0.795. The van der Waals surface area contributed by atoms with Crippen molar-refractivity contribution >= 4 is 23.5 Å². The summed E-state index contributed by atoms with van der Waals surface area (Å²) in [4.78, 5) is 25.1. The van der Waals surface area contributed by atoms with Gasteiger partial charge in [0.05, 0.1) is 19.3 Å². The molecule has 0 radical (unpaired) electrons. The lowest BCUT2D eigenvalue weighted by molar-refractivity contribution is -0.158. The van der Waals surface area contributed by atoms with Crippen molar-refractivity contribution < 1.29 is 19.1 Å². The third-order valence-electron chi connectivity index (χ3n) is 3.06. The molecule has 1 aromatic carbocycles. The standard InChI is InChI=1S/C14H16ClNO4/c1-2-20-14(18)7-16-12(8-19-9-13(16)17)10-3-5-11(15)6-4-10/h3-6,12H,2,7-9H2,1H3/t12-/m0/s1. The summed E-state index contributed by atoms with van der Waals surface area (Å²) in [7, 11) is 0. The van der Waals surface area contributed by atoms with E-state index in [1.807, 2.05) is 12.1 Å². The molecule has 1 fully saturated rings. The van der Waals surface area contributed by atoms with Gasteiger partial charge < -0.3 is 14.4 Å². The largest absolute Gasteiger partial charge is 0.465 e. The van der Waals surface area contributed by atoms with Crippen LogP contribution in [0, 0.1) is 0 Å². The number of nitrogens with zero attached hydrogens (tertiary/aromatic N) is 1. The predicted octanol–water partition coefficient (Wildman–Crippen LogP) is 1.80. The Morgan fingerprint density at radius 1 is 1.45 bits per heavy atom. The SMILES string of the molecule is CCOC(=O)CN1C(=O)COC[C@H]1c1ccc(Cl)cc1. The molecule has 0 N–H and O–H groups in total. The molecular weight excluding hydrogens is 282 g/mol. The van der Waals surface area contributed by atoms with Crippen LogP contribution in [0.1, 0.15) is 18.5 Å². The van der Waals surface area contributed by atoms with Crippen LogP contribution in [0.5, 0.6) is 0 Å². The molecule has 0 bridgehead atoms. The van der Waals surface area contributed by atoms with E-state index in [0.717, 1.165) is 5.56 Å². The minimum absolute atomic E-state index is 0.0104. The van der Waals surface area contributed by atoms with Crippen LogP contribution in [-0.4, -0.2) is 43.1 Å². The van der Waals surface area contributed by atoms with Crippen molar-refractivity contribution in [2.24, 2.45) is 0 Å². The van der Waals surface area contributed by atoms with Crippen LogP contribution in [0.2, 0.25) is 5.02 Å². The number of amides is 1. The predicted molar refractivity (Wildman–Crippen MR) is 73.4 cm³/mol. The van der Waals surface area contributed by atoms with Gasteiger partial charge in [0.2, 0.25) is 5.91 Å². The van der Waals surface area contributed by atoms with E-state index in [2.05, 4.69) is 0 Å². The normalized spacial score (nSPS) is 19.0. The average Bonchev–Trinajstić information content (AvgIpc) is 2.42. The number of carbonyl (C=O) groups excluding carboxylic acids is 2. The first-order valence-electron chi connectivity index (χ1n) is 6.40. The number of carbonyl (C=O) groups is 2. The lowest BCUT2D eigenvalue weighted by atomic mass is 10.0. The Labute approximate surface area is 122 Å². The Hall–Kier alpha value is -1.59. The van der Waals surface area contributed by atoms with Gasteiger partial charge >= 0.3 is 5.97 Å². The first-order chi connectivity index (χ1) is 9.61. The minimum atomic E-state index is -0.415. The van der Waals surface area contributed by atoms with E-state index in [0.29, 0.717) is 18.2 Å². The van der Waals surface area contributed by atoms with Crippen molar-refractivity contribution in [3.63, 3.8) is 0 Å². The van der Waals surface area contributed by atoms with Crippen molar-refractivity contribution in [2.75, 3.05) is 26.4 Å². The Bertz CT molecular complexity index is 488. The second-order valence-electron chi connectivity index (χ2n) is 4.41. The molecule has 2 rings (SSSR count). The van der Waals surface area contributed by atoms with E-state index in [1.165, 1.54) is 4.90 Å². The molecule has 0 saturated carbocycles. The molecule has 5 nitrogen and oxygen atoms in total. The van der Waals surface area contributed by atoms with E-state index < -0.39 is 5.97 Å². The van der Waals surface area contributed by atoms with Crippen LogP contribution in [0.25, 0.3) is 0 Å². The van der Waals surface area contributed by atoms with Gasteiger partial charge in [0.25, 0.3) is 0 Å². The van der Waals surface area contributed by atoms with Crippen LogP contribution in [-0.2, 0) is 19.1 Å². The fraction of sp³-hybridized carbons (Fsp3) is 0.429. The van der Waals surface area contributed by atoms with Crippen molar-refractivity contribution in [3.05, 3.63) is 34.9 Å². The molecule has 1 saturated heterocycles. The van der Waals surface area contributed by atoms with Crippen LogP contribution in [0.4, 0.5) is 0 Å². The van der Waals surface area contributed by atoms with E-state index in [1.54, 1.807) is 19.1 Å². The molecule has 6 heteroatoms. The highest BCUT2D eigenvalue weighted by Crippen LogP contribution is 2.25. The fourth-order valence-corrected chi connectivity index (χ4v) is 2.24. The zero-order valence-electron chi connectivity index (χ0n) is 11.2. The molecule has 1 aromatic rings. The zero-order valence-corrected chi connectivity index (χ0v) is 11.9. The van der Waals surface area contributed by atoms with Crippen LogP contribution < -0.4 is 0 Å². The first-order valence-corrected chi connectivity index (χ1v) is 6.78. The number of hydrogen-bond acceptors (Lipinski definition) is 4. The van der Waals surface area contributed by atoms with E-state index >= 15 is 0 Å². The van der Waals surface area contributed by atoms with Gasteiger partial charge in [-0.3, -0.25) is 9.59 Å². The van der Waals surface area contributed by atoms with Crippen molar-refractivity contribution in [3.8, 4) is 0 Å². The number of hydrogen-bond donors (Lipinski definition) is 0. The molecule has 1 amide bonds. The summed E-state index contributed by atoms with van der Waals surface area (Å²) < 4.78 is 10.2. The maximum atomic E-state index is 12.0. The van der Waals surface area contributed by atoms with Gasteiger partial charge in [-0.2, -0.15) is 0 Å². The molecule has 0 unspecified atom stereocenters. The summed E-state index contributed by atoms with van der Waals surface area (Å²) in [6.07, 6.45) is 0. The highest BCUT2D eigenvalue weighted by molar-refractivity contribution is 6.30. The number of rotatable bonds is 4. The Morgan fingerprint density at radius 2 is 2.15 bits per heavy atom. The Balaban J connectivity index is 2.17. The van der Waals surface area contributed by atoms with Gasteiger partial charge in [0.1, 0.15) is 13.2 Å². The summed E-state index contributed by atoms with van der Waals surface area (Å²) in [6.45, 7) is 2.30. The smallest absolute Gasteiger partial charge is 0.325 e. The molecule has 1 aliphatic heterocycles. The molecule has 0 aromatic heterocycles. The number of ether oxygens (including phenoxy) is 2. The van der Waals surface area contributed by atoms with Gasteiger partial charge in [-0.15, -0.1) is 0 Å². The fourth-order valence-electron chi connectivity index (χ4n) is 2.11. The zero-order chi connectivity index (χ0) is 14.5. The molecular formula is C14H16ClNO4. The second kappa shape index (κ2) is 6.72. The average molecular weight is 298 g/mol. The van der Waals surface area contributed by atoms with E-state index in [9.17, 15) is 9.59 Å². The minimum Gasteiger partial charge on any atom is -0.465 e. The molecule has 0 aliphatic carbocycles. The van der Waals surface area contributed by atoms with Gasteiger partial charge in [-0.25, -0.2) is 0 Å². The lowest BCUT2D eigenvalue weighted by Crippen LogP contribution is -2.46. The Kier molecular flexibility index (Phi) is 4.98. The lowest BCUT2D eigenvalue weighted by Gasteiger charge is -2.35. The number of esters is 1. The van der Waals surface area contributed by atoms with E-state index in [-0.39, 0.29) is 25.1 Å². The summed E-state index contributed by atoms with van der Waals surface area (Å²) >= 11 is 5.86. The second-order valence-corrected chi connectivity index (χ2v) is 4.85. The summed E-state index contributed by atoms with van der Waals surface area (Å²) in [5.74, 6) is -0.633.